The molecule has 36 heavy (non-hydrogen) atoms. The summed E-state index contributed by atoms with van der Waals surface area (Å²) in [6, 6.07) is 13.8. The van der Waals surface area contributed by atoms with Gasteiger partial charge in [-0.25, -0.2) is 9.97 Å². The van der Waals surface area contributed by atoms with Crippen molar-refractivity contribution in [3.8, 4) is 0 Å². The van der Waals surface area contributed by atoms with Gasteiger partial charge in [0.1, 0.15) is 5.82 Å². The van der Waals surface area contributed by atoms with Gasteiger partial charge in [-0.05, 0) is 51.3 Å². The van der Waals surface area contributed by atoms with Crippen molar-refractivity contribution in [1.29, 1.82) is 0 Å². The first-order valence-electron chi connectivity index (χ1n) is 12.5. The number of piperazine rings is 1. The predicted octanol–water partition coefficient (Wildman–Crippen LogP) is 4.01. The lowest BCUT2D eigenvalue weighted by Gasteiger charge is -2.34. The van der Waals surface area contributed by atoms with Crippen LogP contribution in [0.1, 0.15) is 29.1 Å². The molecule has 2 aromatic carbocycles. The minimum absolute atomic E-state index is 0.522. The van der Waals surface area contributed by atoms with Crippen LogP contribution in [0.25, 0.3) is 10.9 Å². The second-order valence-electron chi connectivity index (χ2n) is 9.69. The van der Waals surface area contributed by atoms with Crippen molar-refractivity contribution in [2.24, 2.45) is 0 Å². The summed E-state index contributed by atoms with van der Waals surface area (Å²) in [7, 11) is 4.16. The Hall–Kier alpha value is -2.59. The van der Waals surface area contributed by atoms with Gasteiger partial charge in [-0.2, -0.15) is 13.2 Å². The molecule has 2 heterocycles. The number of hydrogen-bond donors (Lipinski definition) is 1. The van der Waals surface area contributed by atoms with E-state index in [1.807, 2.05) is 18.2 Å². The van der Waals surface area contributed by atoms with Gasteiger partial charge in [-0.1, -0.05) is 36.4 Å². The first-order valence-corrected chi connectivity index (χ1v) is 12.5. The number of rotatable bonds is 10. The average Bonchev–Trinajstić information content (AvgIpc) is 2.84. The molecule has 0 unspecified atom stereocenters. The third-order valence-corrected chi connectivity index (χ3v) is 6.47. The molecule has 0 radical (unpaired) electrons. The molecule has 0 aliphatic carbocycles. The van der Waals surface area contributed by atoms with E-state index in [9.17, 15) is 13.2 Å². The zero-order valence-corrected chi connectivity index (χ0v) is 21.1. The van der Waals surface area contributed by atoms with Gasteiger partial charge in [0.15, 0.2) is 0 Å². The van der Waals surface area contributed by atoms with Crippen molar-refractivity contribution >= 4 is 10.9 Å². The van der Waals surface area contributed by atoms with Crippen molar-refractivity contribution in [3.63, 3.8) is 0 Å². The fraction of sp³-hybridized carbons (Fsp3) is 0.481. The van der Waals surface area contributed by atoms with Crippen LogP contribution in [0.3, 0.4) is 0 Å². The number of nitrogens with zero attached hydrogens (tertiary/aromatic N) is 5. The minimum atomic E-state index is -4.31. The van der Waals surface area contributed by atoms with Crippen LogP contribution in [-0.2, 0) is 25.8 Å². The fourth-order valence-electron chi connectivity index (χ4n) is 4.54. The van der Waals surface area contributed by atoms with E-state index in [0.717, 1.165) is 74.2 Å². The maximum absolute atomic E-state index is 13.0. The van der Waals surface area contributed by atoms with Crippen molar-refractivity contribution in [2.45, 2.75) is 32.2 Å². The highest BCUT2D eigenvalue weighted by molar-refractivity contribution is 5.80. The molecule has 9 heteroatoms. The van der Waals surface area contributed by atoms with Gasteiger partial charge in [0.25, 0.3) is 0 Å². The van der Waals surface area contributed by atoms with Gasteiger partial charge in [-0.3, -0.25) is 9.80 Å². The Kier molecular flexibility index (Phi) is 8.90. The Morgan fingerprint density at radius 2 is 1.64 bits per heavy atom. The smallest absolute Gasteiger partial charge is 0.311 e. The summed E-state index contributed by atoms with van der Waals surface area (Å²) in [6.45, 7) is 7.11. The molecule has 0 atom stereocenters. The van der Waals surface area contributed by atoms with E-state index in [2.05, 4.69) is 40.2 Å². The van der Waals surface area contributed by atoms with E-state index in [1.165, 1.54) is 12.1 Å². The minimum Gasteiger partial charge on any atom is -0.311 e. The van der Waals surface area contributed by atoms with Crippen LogP contribution < -0.4 is 5.32 Å². The van der Waals surface area contributed by atoms with Crippen molar-refractivity contribution in [2.75, 3.05) is 53.4 Å². The van der Waals surface area contributed by atoms with Gasteiger partial charge < -0.3 is 10.2 Å². The number of para-hydroxylation sites is 1. The molecule has 6 nitrogen and oxygen atoms in total. The number of alkyl halides is 3. The number of nitrogens with one attached hydrogen (secondary N) is 1. The van der Waals surface area contributed by atoms with Gasteiger partial charge >= 0.3 is 6.18 Å². The number of aromatic nitrogens is 2. The zero-order valence-electron chi connectivity index (χ0n) is 21.1. The largest absolute Gasteiger partial charge is 0.416 e. The molecule has 0 saturated carbocycles. The van der Waals surface area contributed by atoms with Crippen molar-refractivity contribution < 1.29 is 13.2 Å². The summed E-state index contributed by atoms with van der Waals surface area (Å²) in [5, 5.41) is 4.59. The number of halogens is 3. The summed E-state index contributed by atoms with van der Waals surface area (Å²) in [4.78, 5) is 16.4. The predicted molar refractivity (Wildman–Crippen MR) is 136 cm³/mol. The van der Waals surface area contributed by atoms with Gasteiger partial charge in [-0.15, -0.1) is 0 Å². The van der Waals surface area contributed by atoms with Gasteiger partial charge in [0.2, 0.25) is 0 Å². The Morgan fingerprint density at radius 1 is 0.917 bits per heavy atom. The number of fused-ring (bicyclic) bond motifs is 1. The fourth-order valence-corrected chi connectivity index (χ4v) is 4.54. The quantitative estimate of drug-likeness (QED) is 0.425. The van der Waals surface area contributed by atoms with E-state index in [0.29, 0.717) is 25.2 Å². The molecule has 4 rings (SSSR count). The lowest BCUT2D eigenvalue weighted by atomic mass is 10.1. The second kappa shape index (κ2) is 12.1. The Labute approximate surface area is 211 Å². The van der Waals surface area contributed by atoms with E-state index in [-0.39, 0.29) is 0 Å². The standard InChI is InChI=1S/C27H35F3N6/c1-34(2)12-6-11-31-18-25-23-9-3-4-10-24(23)32-26(33-25)20-36-15-13-35(14-16-36)19-21-7-5-8-22(17-21)27(28,29)30/h3-5,7-10,17,31H,6,11-16,18-20H2,1-2H3. The van der Waals surface area contributed by atoms with E-state index in [1.54, 1.807) is 6.07 Å². The molecule has 1 fully saturated rings. The second-order valence-corrected chi connectivity index (χ2v) is 9.69. The van der Waals surface area contributed by atoms with Gasteiger partial charge in [0.05, 0.1) is 23.3 Å². The number of hydrogen-bond acceptors (Lipinski definition) is 6. The van der Waals surface area contributed by atoms with E-state index >= 15 is 0 Å². The third-order valence-electron chi connectivity index (χ3n) is 6.47. The van der Waals surface area contributed by atoms with Crippen LogP contribution in [0.4, 0.5) is 13.2 Å². The summed E-state index contributed by atoms with van der Waals surface area (Å²) in [6.07, 6.45) is -3.23. The summed E-state index contributed by atoms with van der Waals surface area (Å²) in [5.41, 5.74) is 2.08. The van der Waals surface area contributed by atoms with Crippen LogP contribution in [0.2, 0.25) is 0 Å². The van der Waals surface area contributed by atoms with Crippen molar-refractivity contribution in [3.05, 3.63) is 71.2 Å². The van der Waals surface area contributed by atoms with Crippen LogP contribution in [0.15, 0.2) is 48.5 Å². The Bertz CT molecular complexity index is 1130. The molecule has 1 aromatic heterocycles. The molecular formula is C27H35F3N6. The monoisotopic (exact) mass is 500 g/mol. The molecule has 1 saturated heterocycles. The molecule has 3 aromatic rings. The average molecular weight is 501 g/mol. The highest BCUT2D eigenvalue weighted by Gasteiger charge is 2.30. The summed E-state index contributed by atoms with van der Waals surface area (Å²) < 4.78 is 39.1. The van der Waals surface area contributed by atoms with Crippen LogP contribution >= 0.6 is 0 Å². The Morgan fingerprint density at radius 3 is 2.36 bits per heavy atom. The normalized spacial score (nSPS) is 15.7. The molecule has 1 aliphatic rings. The molecule has 1 aliphatic heterocycles. The van der Waals surface area contributed by atoms with Crippen LogP contribution in [0, 0.1) is 0 Å². The molecule has 194 valence electrons. The third kappa shape index (κ3) is 7.46. The highest BCUT2D eigenvalue weighted by atomic mass is 19.4. The number of benzene rings is 2. The first kappa shape index (κ1) is 26.5. The summed E-state index contributed by atoms with van der Waals surface area (Å²) >= 11 is 0. The van der Waals surface area contributed by atoms with Crippen LogP contribution in [-0.4, -0.2) is 78.0 Å². The maximum Gasteiger partial charge on any atom is 0.416 e. The molecule has 1 N–H and O–H groups in total. The molecule has 0 bridgehead atoms. The lowest BCUT2D eigenvalue weighted by molar-refractivity contribution is -0.137. The molecular weight excluding hydrogens is 465 g/mol. The molecule has 0 spiro atoms. The van der Waals surface area contributed by atoms with Crippen molar-refractivity contribution in [1.82, 2.24) is 30.0 Å². The zero-order chi connectivity index (χ0) is 25.5. The van der Waals surface area contributed by atoms with E-state index < -0.39 is 11.7 Å². The highest BCUT2D eigenvalue weighted by Crippen LogP contribution is 2.29. The summed E-state index contributed by atoms with van der Waals surface area (Å²) in [5.74, 6) is 0.810. The van der Waals surface area contributed by atoms with Gasteiger partial charge in [0, 0.05) is 44.7 Å². The van der Waals surface area contributed by atoms with E-state index in [4.69, 9.17) is 9.97 Å². The first-order chi connectivity index (χ1) is 17.3. The van der Waals surface area contributed by atoms with Crippen LogP contribution in [0.5, 0.6) is 0 Å². The SMILES string of the molecule is CN(C)CCCNCc1nc(CN2CCN(Cc3cccc(C(F)(F)F)c3)CC2)nc2ccccc12. The maximum atomic E-state index is 13.0. The lowest BCUT2D eigenvalue weighted by Crippen LogP contribution is -2.45. The topological polar surface area (TPSA) is 47.5 Å². The Balaban J connectivity index is 1.34. The molecule has 0 amide bonds.